The molecule has 1 fully saturated rings. The van der Waals surface area contributed by atoms with Gasteiger partial charge < -0.3 is 9.64 Å². The predicted octanol–water partition coefficient (Wildman–Crippen LogP) is 3.82. The summed E-state index contributed by atoms with van der Waals surface area (Å²) in [6.07, 6.45) is -0.133. The SMILES string of the molecule is N#Cc1cc(N2CCOC(c3ccc(F)cc3)C2)c2ccccc2n1. The van der Waals surface area contributed by atoms with Crippen LogP contribution in [0.3, 0.4) is 0 Å². The monoisotopic (exact) mass is 333 g/mol. The van der Waals surface area contributed by atoms with Gasteiger partial charge in [-0.15, -0.1) is 0 Å². The van der Waals surface area contributed by atoms with Crippen molar-refractivity contribution >= 4 is 16.6 Å². The molecule has 124 valence electrons. The molecule has 1 aromatic heterocycles. The maximum Gasteiger partial charge on any atom is 0.143 e. The van der Waals surface area contributed by atoms with Gasteiger partial charge in [-0.05, 0) is 29.8 Å². The molecule has 4 nitrogen and oxygen atoms in total. The van der Waals surface area contributed by atoms with Crippen molar-refractivity contribution in [1.29, 1.82) is 5.26 Å². The fourth-order valence-electron chi connectivity index (χ4n) is 3.22. The van der Waals surface area contributed by atoms with Gasteiger partial charge in [0.1, 0.15) is 23.7 Å². The first-order valence-corrected chi connectivity index (χ1v) is 8.16. The molecule has 1 saturated heterocycles. The van der Waals surface area contributed by atoms with Crippen LogP contribution in [0.25, 0.3) is 10.9 Å². The molecule has 0 bridgehead atoms. The lowest BCUT2D eigenvalue weighted by Crippen LogP contribution is -2.38. The molecule has 1 unspecified atom stereocenters. The topological polar surface area (TPSA) is 49.2 Å². The number of nitrogens with zero attached hydrogens (tertiary/aromatic N) is 3. The van der Waals surface area contributed by atoms with Crippen molar-refractivity contribution < 1.29 is 9.13 Å². The van der Waals surface area contributed by atoms with Gasteiger partial charge in [-0.2, -0.15) is 5.26 Å². The lowest BCUT2D eigenvalue weighted by molar-refractivity contribution is 0.0398. The van der Waals surface area contributed by atoms with E-state index in [2.05, 4.69) is 16.0 Å². The lowest BCUT2D eigenvalue weighted by atomic mass is 10.1. The number of ether oxygens (including phenoxy) is 1. The van der Waals surface area contributed by atoms with Crippen molar-refractivity contribution in [3.05, 3.63) is 71.7 Å². The zero-order chi connectivity index (χ0) is 17.2. The first-order chi connectivity index (χ1) is 12.2. The maximum absolute atomic E-state index is 13.2. The Bertz CT molecular complexity index is 949. The summed E-state index contributed by atoms with van der Waals surface area (Å²) in [6, 6.07) is 18.2. The summed E-state index contributed by atoms with van der Waals surface area (Å²) < 4.78 is 19.0. The van der Waals surface area contributed by atoms with Crippen LogP contribution in [0.5, 0.6) is 0 Å². The van der Waals surface area contributed by atoms with Crippen LogP contribution in [0.2, 0.25) is 0 Å². The summed E-state index contributed by atoms with van der Waals surface area (Å²) in [6.45, 7) is 1.95. The van der Waals surface area contributed by atoms with E-state index in [1.807, 2.05) is 30.3 Å². The van der Waals surface area contributed by atoms with Crippen molar-refractivity contribution in [1.82, 2.24) is 4.98 Å². The molecule has 2 heterocycles. The van der Waals surface area contributed by atoms with E-state index in [1.165, 1.54) is 12.1 Å². The number of nitriles is 1. The summed E-state index contributed by atoms with van der Waals surface area (Å²) in [5, 5.41) is 10.3. The number of aromatic nitrogens is 1. The number of rotatable bonds is 2. The third-order valence-electron chi connectivity index (χ3n) is 4.46. The van der Waals surface area contributed by atoms with E-state index in [1.54, 1.807) is 12.1 Å². The number of fused-ring (bicyclic) bond motifs is 1. The van der Waals surface area contributed by atoms with Gasteiger partial charge in [-0.25, -0.2) is 9.37 Å². The van der Waals surface area contributed by atoms with E-state index in [-0.39, 0.29) is 11.9 Å². The smallest absolute Gasteiger partial charge is 0.143 e. The molecule has 0 radical (unpaired) electrons. The minimum Gasteiger partial charge on any atom is -0.370 e. The van der Waals surface area contributed by atoms with Crippen LogP contribution in [-0.2, 0) is 4.74 Å². The second kappa shape index (κ2) is 6.50. The van der Waals surface area contributed by atoms with Gasteiger partial charge in [0.15, 0.2) is 0 Å². The van der Waals surface area contributed by atoms with E-state index in [4.69, 9.17) is 4.74 Å². The van der Waals surface area contributed by atoms with Gasteiger partial charge in [-0.3, -0.25) is 0 Å². The molecule has 25 heavy (non-hydrogen) atoms. The molecule has 3 aromatic rings. The molecule has 1 aliphatic rings. The summed E-state index contributed by atoms with van der Waals surface area (Å²) >= 11 is 0. The molecule has 1 atom stereocenters. The summed E-state index contributed by atoms with van der Waals surface area (Å²) in [5.41, 5.74) is 3.14. The molecule has 5 heteroatoms. The van der Waals surface area contributed by atoms with E-state index < -0.39 is 0 Å². The Hall–Kier alpha value is -2.97. The van der Waals surface area contributed by atoms with E-state index in [9.17, 15) is 9.65 Å². The molecule has 0 amide bonds. The van der Waals surface area contributed by atoms with Gasteiger partial charge in [-0.1, -0.05) is 30.3 Å². The largest absolute Gasteiger partial charge is 0.370 e. The van der Waals surface area contributed by atoms with Crippen LogP contribution in [0.4, 0.5) is 10.1 Å². The minimum absolute atomic E-state index is 0.133. The first kappa shape index (κ1) is 15.6. The fourth-order valence-corrected chi connectivity index (χ4v) is 3.22. The Labute approximate surface area is 145 Å². The van der Waals surface area contributed by atoms with Crippen molar-refractivity contribution in [2.45, 2.75) is 6.10 Å². The van der Waals surface area contributed by atoms with E-state index >= 15 is 0 Å². The normalized spacial score (nSPS) is 17.4. The summed E-state index contributed by atoms with van der Waals surface area (Å²) in [7, 11) is 0. The molecule has 0 saturated carbocycles. The number of benzene rings is 2. The zero-order valence-corrected chi connectivity index (χ0v) is 13.5. The Balaban J connectivity index is 1.71. The van der Waals surface area contributed by atoms with Crippen molar-refractivity contribution in [2.24, 2.45) is 0 Å². The molecule has 4 rings (SSSR count). The highest BCUT2D eigenvalue weighted by atomic mass is 19.1. The number of anilines is 1. The highest BCUT2D eigenvalue weighted by Crippen LogP contribution is 2.31. The Morgan fingerprint density at radius 3 is 2.76 bits per heavy atom. The Kier molecular flexibility index (Phi) is 4.04. The highest BCUT2D eigenvalue weighted by molar-refractivity contribution is 5.92. The van der Waals surface area contributed by atoms with Crippen LogP contribution in [0, 0.1) is 17.1 Å². The number of para-hydroxylation sites is 1. The Morgan fingerprint density at radius 1 is 1.16 bits per heavy atom. The Morgan fingerprint density at radius 2 is 1.96 bits per heavy atom. The lowest BCUT2D eigenvalue weighted by Gasteiger charge is -2.35. The van der Waals surface area contributed by atoms with Crippen LogP contribution in [0.1, 0.15) is 17.4 Å². The maximum atomic E-state index is 13.2. The van der Waals surface area contributed by atoms with Crippen molar-refractivity contribution in [2.75, 3.05) is 24.6 Å². The first-order valence-electron chi connectivity index (χ1n) is 8.16. The number of morpholine rings is 1. The number of hydrogen-bond donors (Lipinski definition) is 0. The average Bonchev–Trinajstić information content (AvgIpc) is 2.67. The van der Waals surface area contributed by atoms with Crippen LogP contribution in [-0.4, -0.2) is 24.7 Å². The molecule has 2 aromatic carbocycles. The molecule has 0 N–H and O–H groups in total. The van der Waals surface area contributed by atoms with Crippen molar-refractivity contribution in [3.63, 3.8) is 0 Å². The molecular weight excluding hydrogens is 317 g/mol. The third-order valence-corrected chi connectivity index (χ3v) is 4.46. The van der Waals surface area contributed by atoms with E-state index in [0.717, 1.165) is 28.7 Å². The molecule has 0 aliphatic carbocycles. The van der Waals surface area contributed by atoms with Crippen LogP contribution in [0.15, 0.2) is 54.6 Å². The minimum atomic E-state index is -0.254. The van der Waals surface area contributed by atoms with Crippen molar-refractivity contribution in [3.8, 4) is 6.07 Å². The summed E-state index contributed by atoms with van der Waals surface area (Å²) in [5.74, 6) is -0.254. The fraction of sp³-hybridized carbons (Fsp3) is 0.200. The van der Waals surface area contributed by atoms with Gasteiger partial charge in [0, 0.05) is 24.2 Å². The summed E-state index contributed by atoms with van der Waals surface area (Å²) in [4.78, 5) is 6.59. The highest BCUT2D eigenvalue weighted by Gasteiger charge is 2.24. The molecular formula is C20H16FN3O. The average molecular weight is 333 g/mol. The second-order valence-corrected chi connectivity index (χ2v) is 6.01. The number of halogens is 1. The quantitative estimate of drug-likeness (QED) is 0.715. The predicted molar refractivity (Wildman–Crippen MR) is 93.8 cm³/mol. The second-order valence-electron chi connectivity index (χ2n) is 6.01. The molecule has 1 aliphatic heterocycles. The van der Waals surface area contributed by atoms with Gasteiger partial charge in [0.05, 0.1) is 12.1 Å². The van der Waals surface area contributed by atoms with E-state index in [0.29, 0.717) is 18.8 Å². The zero-order valence-electron chi connectivity index (χ0n) is 13.5. The third kappa shape index (κ3) is 3.04. The number of hydrogen-bond acceptors (Lipinski definition) is 4. The molecule has 0 spiro atoms. The van der Waals surface area contributed by atoms with Gasteiger partial charge in [0.25, 0.3) is 0 Å². The van der Waals surface area contributed by atoms with Crippen LogP contribution >= 0.6 is 0 Å². The number of pyridine rings is 1. The standard InChI is InChI=1S/C20H16FN3O/c21-15-7-5-14(6-8-15)20-13-24(9-10-25-20)19-11-16(12-22)23-18-4-2-1-3-17(18)19/h1-8,11,20H,9-10,13H2. The van der Waals surface area contributed by atoms with Gasteiger partial charge >= 0.3 is 0 Å². The van der Waals surface area contributed by atoms with Crippen LogP contribution < -0.4 is 4.90 Å². The van der Waals surface area contributed by atoms with Gasteiger partial charge in [0.2, 0.25) is 0 Å².